The van der Waals surface area contributed by atoms with Crippen LogP contribution in [0.15, 0.2) is 5.03 Å². The van der Waals surface area contributed by atoms with Crippen LogP contribution >= 0.6 is 11.8 Å². The molecule has 0 atom stereocenters. The Morgan fingerprint density at radius 1 is 1.39 bits per heavy atom. The van der Waals surface area contributed by atoms with Crippen molar-refractivity contribution < 1.29 is 14.7 Å². The van der Waals surface area contributed by atoms with Gasteiger partial charge < -0.3 is 10.8 Å². The molecule has 0 fully saturated rings. The van der Waals surface area contributed by atoms with Gasteiger partial charge in [0, 0.05) is 18.6 Å². The number of carboxylic acid groups (broad SMARTS) is 1. The van der Waals surface area contributed by atoms with Crippen molar-refractivity contribution in [2.45, 2.75) is 31.7 Å². The number of hydrogen-bond donors (Lipinski definition) is 2. The number of carbonyl (C=O) groups is 2. The first-order chi connectivity index (χ1) is 8.45. The van der Waals surface area contributed by atoms with Crippen LogP contribution in [0, 0.1) is 6.92 Å². The molecule has 6 nitrogen and oxygen atoms in total. The Morgan fingerprint density at radius 3 is 2.56 bits per heavy atom. The summed E-state index contributed by atoms with van der Waals surface area (Å²) in [6.07, 6.45) is 0.818. The zero-order chi connectivity index (χ0) is 13.7. The third-order valence-corrected chi connectivity index (χ3v) is 3.20. The maximum Gasteiger partial charge on any atom is 0.340 e. The maximum absolute atomic E-state index is 11.2. The molecule has 0 aromatic carbocycles. The van der Waals surface area contributed by atoms with Gasteiger partial charge in [-0.3, -0.25) is 4.79 Å². The largest absolute Gasteiger partial charge is 0.478 e. The van der Waals surface area contributed by atoms with E-state index in [1.54, 1.807) is 6.92 Å². The normalized spacial score (nSPS) is 10.3. The van der Waals surface area contributed by atoms with Crippen molar-refractivity contribution in [2.75, 3.05) is 5.75 Å². The minimum absolute atomic E-state index is 0.0988. The molecule has 7 heteroatoms. The number of hydrogen-bond acceptors (Lipinski definition) is 5. The first kappa shape index (κ1) is 14.4. The number of rotatable bonds is 6. The van der Waals surface area contributed by atoms with Crippen LogP contribution < -0.4 is 5.73 Å². The zero-order valence-electron chi connectivity index (χ0n) is 10.3. The molecule has 0 aliphatic heterocycles. The van der Waals surface area contributed by atoms with Crippen LogP contribution in [0.2, 0.25) is 0 Å². The van der Waals surface area contributed by atoms with E-state index in [9.17, 15) is 9.59 Å². The van der Waals surface area contributed by atoms with Crippen molar-refractivity contribution >= 4 is 23.6 Å². The summed E-state index contributed by atoms with van der Waals surface area (Å²) in [5.41, 5.74) is 5.58. The van der Waals surface area contributed by atoms with Crippen LogP contribution in [0.4, 0.5) is 0 Å². The lowest BCUT2D eigenvalue weighted by Gasteiger charge is -2.08. The van der Waals surface area contributed by atoms with E-state index in [0.29, 0.717) is 28.7 Å². The van der Waals surface area contributed by atoms with Crippen molar-refractivity contribution in [1.29, 1.82) is 0 Å². The van der Waals surface area contributed by atoms with Crippen LogP contribution in [0.25, 0.3) is 0 Å². The fourth-order valence-corrected chi connectivity index (χ4v) is 2.41. The molecule has 1 rings (SSSR count). The number of aromatic carboxylic acids is 1. The first-order valence-corrected chi connectivity index (χ1v) is 6.46. The molecule has 1 aromatic heterocycles. The molecule has 3 N–H and O–H groups in total. The lowest BCUT2D eigenvalue weighted by Crippen LogP contribution is -2.12. The summed E-state index contributed by atoms with van der Waals surface area (Å²) in [4.78, 5) is 30.1. The van der Waals surface area contributed by atoms with Gasteiger partial charge in [-0.1, -0.05) is 6.92 Å². The predicted octanol–water partition coefficient (Wildman–Crippen LogP) is 1.01. The van der Waals surface area contributed by atoms with Crippen LogP contribution in [0.3, 0.4) is 0 Å². The van der Waals surface area contributed by atoms with Crippen LogP contribution in [0.5, 0.6) is 0 Å². The number of nitrogens with zero attached hydrogens (tertiary/aromatic N) is 2. The highest BCUT2D eigenvalue weighted by Crippen LogP contribution is 2.23. The van der Waals surface area contributed by atoms with Gasteiger partial charge in [-0.25, -0.2) is 14.8 Å². The Morgan fingerprint density at radius 2 is 2.06 bits per heavy atom. The van der Waals surface area contributed by atoms with E-state index in [0.717, 1.165) is 0 Å². The van der Waals surface area contributed by atoms with Crippen molar-refractivity contribution in [3.8, 4) is 0 Å². The molecule has 98 valence electrons. The fourth-order valence-electron chi connectivity index (χ4n) is 1.36. The highest BCUT2D eigenvalue weighted by Gasteiger charge is 2.17. The average molecular weight is 269 g/mol. The Hall–Kier alpha value is -1.63. The summed E-state index contributed by atoms with van der Waals surface area (Å²) in [6.45, 7) is 3.54. The molecule has 0 saturated heterocycles. The molecule has 0 spiro atoms. The lowest BCUT2D eigenvalue weighted by atomic mass is 10.2. The molecule has 18 heavy (non-hydrogen) atoms. The quantitative estimate of drug-likeness (QED) is 0.589. The number of primary amides is 1. The van der Waals surface area contributed by atoms with Crippen molar-refractivity contribution in [1.82, 2.24) is 9.97 Å². The van der Waals surface area contributed by atoms with Gasteiger partial charge in [0.25, 0.3) is 0 Å². The van der Waals surface area contributed by atoms with E-state index >= 15 is 0 Å². The second-order valence-corrected chi connectivity index (χ2v) is 4.71. The number of aromatic nitrogens is 2. The summed E-state index contributed by atoms with van der Waals surface area (Å²) in [5.74, 6) is -0.466. The van der Waals surface area contributed by atoms with E-state index in [-0.39, 0.29) is 12.0 Å². The van der Waals surface area contributed by atoms with E-state index in [4.69, 9.17) is 10.8 Å². The molecule has 0 bridgehead atoms. The Balaban J connectivity index is 3.01. The third-order valence-electron chi connectivity index (χ3n) is 2.22. The van der Waals surface area contributed by atoms with Gasteiger partial charge in [-0.05, 0) is 6.92 Å². The Kier molecular flexibility index (Phi) is 5.08. The van der Waals surface area contributed by atoms with Crippen molar-refractivity contribution in [3.63, 3.8) is 0 Å². The second kappa shape index (κ2) is 6.34. The molecule has 0 aliphatic carbocycles. The first-order valence-electron chi connectivity index (χ1n) is 5.47. The number of nitrogens with two attached hydrogens (primary N) is 1. The van der Waals surface area contributed by atoms with Gasteiger partial charge in [0.05, 0.1) is 5.69 Å². The molecule has 0 aliphatic rings. The highest BCUT2D eigenvalue weighted by molar-refractivity contribution is 7.99. The van der Waals surface area contributed by atoms with E-state index in [1.807, 2.05) is 6.92 Å². The minimum Gasteiger partial charge on any atom is -0.478 e. The molecule has 1 heterocycles. The summed E-state index contributed by atoms with van der Waals surface area (Å²) in [7, 11) is 0. The summed E-state index contributed by atoms with van der Waals surface area (Å²) in [5, 5.41) is 9.53. The topological polar surface area (TPSA) is 106 Å². The highest BCUT2D eigenvalue weighted by atomic mass is 32.2. The average Bonchev–Trinajstić information content (AvgIpc) is 2.27. The summed E-state index contributed by atoms with van der Waals surface area (Å²) in [6, 6.07) is 0. The molecule has 1 aromatic rings. The minimum atomic E-state index is -1.06. The Labute approximate surface area is 109 Å². The van der Waals surface area contributed by atoms with E-state index < -0.39 is 11.9 Å². The lowest BCUT2D eigenvalue weighted by molar-refractivity contribution is -0.117. The smallest absolute Gasteiger partial charge is 0.340 e. The van der Waals surface area contributed by atoms with Crippen LogP contribution in [-0.2, 0) is 11.2 Å². The molecule has 0 saturated carbocycles. The number of carbonyl (C=O) groups excluding carboxylic acids is 1. The number of carboxylic acids is 1. The van der Waals surface area contributed by atoms with Crippen LogP contribution in [-0.4, -0.2) is 32.7 Å². The zero-order valence-corrected chi connectivity index (χ0v) is 11.1. The van der Waals surface area contributed by atoms with Gasteiger partial charge >= 0.3 is 5.97 Å². The Bertz CT molecular complexity index is 477. The number of thioether (sulfide) groups is 1. The molecule has 0 radical (unpaired) electrons. The van der Waals surface area contributed by atoms with E-state index in [2.05, 4.69) is 9.97 Å². The molecular formula is C11H15N3O3S. The van der Waals surface area contributed by atoms with E-state index in [1.165, 1.54) is 11.8 Å². The van der Waals surface area contributed by atoms with Gasteiger partial charge in [0.1, 0.15) is 16.4 Å². The number of amides is 1. The fraction of sp³-hybridized carbons (Fsp3) is 0.455. The maximum atomic E-state index is 11.2. The molecule has 0 unspecified atom stereocenters. The number of aryl methyl sites for hydroxylation is 2. The van der Waals surface area contributed by atoms with Gasteiger partial charge in [0.15, 0.2) is 0 Å². The van der Waals surface area contributed by atoms with Gasteiger partial charge in [-0.15, -0.1) is 11.8 Å². The predicted molar refractivity (Wildman–Crippen MR) is 67.6 cm³/mol. The third kappa shape index (κ3) is 3.69. The SMILES string of the molecule is CCc1nc(C)c(C(=O)O)c(SCCC(N)=O)n1. The van der Waals surface area contributed by atoms with Crippen LogP contribution in [0.1, 0.15) is 35.2 Å². The molecule has 1 amide bonds. The van der Waals surface area contributed by atoms with Crippen molar-refractivity contribution in [3.05, 3.63) is 17.1 Å². The second-order valence-electron chi connectivity index (χ2n) is 3.63. The summed E-state index contributed by atoms with van der Waals surface area (Å²) >= 11 is 1.21. The summed E-state index contributed by atoms with van der Waals surface area (Å²) < 4.78 is 0. The monoisotopic (exact) mass is 269 g/mol. The van der Waals surface area contributed by atoms with Crippen molar-refractivity contribution in [2.24, 2.45) is 5.73 Å². The van der Waals surface area contributed by atoms with Gasteiger partial charge in [-0.2, -0.15) is 0 Å². The standard InChI is InChI=1S/C11H15N3O3S/c1-3-8-13-6(2)9(11(16)17)10(14-8)18-5-4-7(12)15/h3-5H2,1-2H3,(H2,12,15)(H,16,17). The molecular weight excluding hydrogens is 254 g/mol. The van der Waals surface area contributed by atoms with Gasteiger partial charge in [0.2, 0.25) is 5.91 Å².